The van der Waals surface area contributed by atoms with Crippen LogP contribution in [0.15, 0.2) is 54.1 Å². The number of carbonyl (C=O) groups is 2. The highest BCUT2D eigenvalue weighted by atomic mass is 31.2. The Morgan fingerprint density at radius 3 is 2.11 bits per heavy atom. The number of benzene rings is 1. The average molecular weight is 1130 g/mol. The van der Waals surface area contributed by atoms with Gasteiger partial charge in [0.1, 0.15) is 18.5 Å². The van der Waals surface area contributed by atoms with Crippen molar-refractivity contribution in [3.05, 3.63) is 65.2 Å². The van der Waals surface area contributed by atoms with Crippen LogP contribution in [0.1, 0.15) is 97.1 Å². The van der Waals surface area contributed by atoms with Gasteiger partial charge in [-0.05, 0) is 61.2 Å². The maximum absolute atomic E-state index is 15.6. The number of aromatic nitrogens is 8. The molecule has 0 spiro atoms. The van der Waals surface area contributed by atoms with Crippen molar-refractivity contribution >= 4 is 78.2 Å². The monoisotopic (exact) mass is 1130 g/mol. The molecule has 5 aromatic rings. The van der Waals surface area contributed by atoms with E-state index in [1.54, 1.807) is 53.3 Å². The third kappa shape index (κ3) is 12.1. The molecule has 8 rings (SSSR count). The SMILES string of the molecule is CC(C)C(=O)Nc1nc2c(ncn2[C@@H]2C[C@@H]3COP(=O)(O)O[C@@H]4[C@@H](COP(=O)(OCCC#N)O[C@@H]2[C@@H]3O[Si](C)(C)C(C)(C)C)C[C@@H](n2cnc3c(NC(=O)c5ccccc5)ncnc32)[C@@H]4O[Si](C)(C)C(C)(C)C)c(=O)[nH]1. The number of phosphoric ester groups is 2. The zero-order valence-electron chi connectivity index (χ0n) is 44.9. The maximum Gasteiger partial charge on any atom is 0.475 e. The van der Waals surface area contributed by atoms with Crippen molar-refractivity contribution in [2.45, 2.75) is 147 Å². The zero-order chi connectivity index (χ0) is 55.3. The van der Waals surface area contributed by atoms with Gasteiger partial charge in [0.15, 0.2) is 44.8 Å². The number of amides is 2. The minimum absolute atomic E-state index is 0.0445. The number of carbonyl (C=O) groups excluding carboxylic acids is 2. The molecular weight excluding hydrogens is 1060 g/mol. The molecule has 76 heavy (non-hydrogen) atoms. The predicted molar refractivity (Wildman–Crippen MR) is 285 cm³/mol. The summed E-state index contributed by atoms with van der Waals surface area (Å²) in [6.45, 7) is 22.5. The highest BCUT2D eigenvalue weighted by Crippen LogP contribution is 2.60. The number of anilines is 2. The lowest BCUT2D eigenvalue weighted by molar-refractivity contribution is -0.118. The zero-order valence-corrected chi connectivity index (χ0v) is 48.7. The molecule has 5 heterocycles. The summed E-state index contributed by atoms with van der Waals surface area (Å²) in [5.41, 5.74) is 0.302. The molecule has 24 nitrogen and oxygen atoms in total. The number of nitrogens with zero attached hydrogens (tertiary/aromatic N) is 8. The van der Waals surface area contributed by atoms with E-state index in [4.69, 9.17) is 31.5 Å². The van der Waals surface area contributed by atoms with Gasteiger partial charge < -0.3 is 28.2 Å². The van der Waals surface area contributed by atoms with Crippen LogP contribution in [0.5, 0.6) is 0 Å². The second-order valence-electron chi connectivity index (χ2n) is 22.9. The van der Waals surface area contributed by atoms with Crippen LogP contribution in [0.3, 0.4) is 0 Å². The van der Waals surface area contributed by atoms with E-state index in [1.807, 2.05) is 53.0 Å². The Balaban J connectivity index is 1.23. The van der Waals surface area contributed by atoms with Crippen LogP contribution in [0, 0.1) is 29.1 Å². The second-order valence-corrected chi connectivity index (χ2v) is 35.5. The lowest BCUT2D eigenvalue weighted by Gasteiger charge is -2.41. The number of aromatic amines is 1. The first-order chi connectivity index (χ1) is 35.5. The Kier molecular flexibility index (Phi) is 16.4. The number of nitriles is 1. The number of hydrogen-bond donors (Lipinski definition) is 4. The van der Waals surface area contributed by atoms with Gasteiger partial charge in [0, 0.05) is 23.3 Å². The molecule has 2 unspecified atom stereocenters. The average Bonchev–Trinajstić information content (AvgIpc) is 4.11. The van der Waals surface area contributed by atoms with Crippen molar-refractivity contribution < 1.29 is 55.1 Å². The van der Waals surface area contributed by atoms with Gasteiger partial charge in [-0.2, -0.15) is 10.2 Å². The van der Waals surface area contributed by atoms with Gasteiger partial charge in [-0.1, -0.05) is 73.6 Å². The minimum atomic E-state index is -5.08. The van der Waals surface area contributed by atoms with Gasteiger partial charge in [0.05, 0.1) is 69.3 Å². The van der Waals surface area contributed by atoms with Gasteiger partial charge in [0.2, 0.25) is 11.9 Å². The molecule has 4 N–H and O–H groups in total. The Labute approximate surface area is 442 Å². The molecular formula is C48H69N11O13P2Si2. The molecule has 10 atom stereocenters. The molecule has 3 aliphatic rings. The van der Waals surface area contributed by atoms with Gasteiger partial charge in [-0.3, -0.25) is 47.3 Å². The number of hydrogen-bond acceptors (Lipinski definition) is 18. The quantitative estimate of drug-likeness (QED) is 0.0487. The number of phosphoric acid groups is 2. The molecule has 2 bridgehead atoms. The van der Waals surface area contributed by atoms with E-state index in [2.05, 4.69) is 61.3 Å². The molecule has 0 radical (unpaired) electrons. The molecule has 4 aromatic heterocycles. The van der Waals surface area contributed by atoms with Crippen molar-refractivity contribution in [3.8, 4) is 6.07 Å². The Morgan fingerprint density at radius 1 is 0.842 bits per heavy atom. The first-order valence-corrected chi connectivity index (χ1v) is 34.1. The van der Waals surface area contributed by atoms with Crippen LogP contribution in [0.2, 0.25) is 36.3 Å². The summed E-state index contributed by atoms with van der Waals surface area (Å²) < 4.78 is 79.6. The second kappa shape index (κ2) is 21.7. The third-order valence-corrected chi connectivity index (χ3v) is 26.7. The van der Waals surface area contributed by atoms with Crippen molar-refractivity contribution in [2.75, 3.05) is 30.5 Å². The number of fused-ring (bicyclic) bond motifs is 5. The summed E-state index contributed by atoms with van der Waals surface area (Å²) >= 11 is 0. The van der Waals surface area contributed by atoms with Gasteiger partial charge in [0.25, 0.3) is 11.5 Å². The summed E-state index contributed by atoms with van der Waals surface area (Å²) in [5.74, 6) is -2.94. The summed E-state index contributed by atoms with van der Waals surface area (Å²) in [7, 11) is -15.5. The predicted octanol–water partition coefficient (Wildman–Crippen LogP) is 8.67. The van der Waals surface area contributed by atoms with Crippen LogP contribution in [-0.2, 0) is 45.4 Å². The molecule has 2 saturated carbocycles. The standard InChI is InChI=1S/C48H69N11O13P2Si2/c1-28(2)43(60)56-46-55-42-35(45(62)57-46)53-27-59(42)32-22-31-23-67-73(63,64)69-36-30(24-68-74(65,66-20-16-19-49)70-38(32)37(31)71-75(9,10)47(3,4)5)21-33(39(36)72-76(11,12)48(6,7)8)58-26-52-34-40(50-25-51-41(34)58)54-44(61)29-17-14-13-15-18-29/h13-15,17-18,25-28,30-33,36-39H,16,20-24H2,1-12H3,(H,63,64)(H,50,51,54,61)(H2,55,56,57,60,62)/t30-,31-,32-,33-,36-,37-,38+,39+,74?/m1/s1. The fourth-order valence-electron chi connectivity index (χ4n) is 9.08. The summed E-state index contributed by atoms with van der Waals surface area (Å²) in [4.78, 5) is 76.8. The molecule has 3 fully saturated rings. The molecule has 1 aliphatic heterocycles. The smallest absolute Gasteiger partial charge is 0.411 e. The topological polar surface area (TPSA) is 308 Å². The highest BCUT2D eigenvalue weighted by Gasteiger charge is 2.57. The Bertz CT molecular complexity index is 3150. The van der Waals surface area contributed by atoms with Crippen LogP contribution in [0.4, 0.5) is 11.8 Å². The van der Waals surface area contributed by atoms with Crippen LogP contribution in [0.25, 0.3) is 22.3 Å². The molecule has 28 heteroatoms. The van der Waals surface area contributed by atoms with E-state index in [-0.39, 0.29) is 64.4 Å². The summed E-state index contributed by atoms with van der Waals surface area (Å²) in [6, 6.07) is 8.96. The molecule has 412 valence electrons. The summed E-state index contributed by atoms with van der Waals surface area (Å²) in [5, 5.41) is 14.4. The molecule has 1 saturated heterocycles. The number of H-pyrrole nitrogens is 1. The maximum atomic E-state index is 15.6. The first kappa shape index (κ1) is 57.3. The van der Waals surface area contributed by atoms with Gasteiger partial charge in [-0.15, -0.1) is 0 Å². The number of imidazole rings is 2. The van der Waals surface area contributed by atoms with E-state index >= 15 is 4.57 Å². The van der Waals surface area contributed by atoms with E-state index in [1.165, 1.54) is 19.0 Å². The van der Waals surface area contributed by atoms with Crippen LogP contribution in [-0.4, -0.2) is 117 Å². The normalized spacial score (nSPS) is 27.9. The van der Waals surface area contributed by atoms with Crippen LogP contribution >= 0.6 is 15.6 Å². The fourth-order valence-corrected chi connectivity index (χ4v) is 14.2. The van der Waals surface area contributed by atoms with Gasteiger partial charge in [-0.25, -0.2) is 29.1 Å². The molecule has 2 amide bonds. The van der Waals surface area contributed by atoms with E-state index in [0.29, 0.717) is 11.2 Å². The van der Waals surface area contributed by atoms with E-state index in [9.17, 15) is 29.1 Å². The number of rotatable bonds is 13. The third-order valence-electron chi connectivity index (χ3n) is 15.3. The Hall–Kier alpha value is -4.88. The molecule has 1 aromatic carbocycles. The van der Waals surface area contributed by atoms with E-state index in [0.717, 1.165) is 0 Å². The molecule has 2 aliphatic carbocycles. The fraction of sp³-hybridized carbons (Fsp3) is 0.604. The van der Waals surface area contributed by atoms with Crippen molar-refractivity contribution in [3.63, 3.8) is 0 Å². The lowest BCUT2D eigenvalue weighted by atomic mass is 10.1. The highest BCUT2D eigenvalue weighted by molar-refractivity contribution is 7.48. The van der Waals surface area contributed by atoms with Crippen LogP contribution < -0.4 is 16.2 Å². The number of nitrogens with one attached hydrogen (secondary N) is 3. The first-order valence-electron chi connectivity index (χ1n) is 25.3. The minimum Gasteiger partial charge on any atom is -0.411 e. The van der Waals surface area contributed by atoms with Crippen molar-refractivity contribution in [1.82, 2.24) is 39.0 Å². The van der Waals surface area contributed by atoms with Crippen molar-refractivity contribution in [1.29, 1.82) is 5.26 Å². The van der Waals surface area contributed by atoms with E-state index < -0.39 is 117 Å². The lowest BCUT2D eigenvalue weighted by Crippen LogP contribution is -2.49. The summed E-state index contributed by atoms with van der Waals surface area (Å²) in [6.07, 6.45) is -0.397. The largest absolute Gasteiger partial charge is 0.475 e. The Morgan fingerprint density at radius 2 is 1.46 bits per heavy atom. The van der Waals surface area contributed by atoms with Crippen molar-refractivity contribution in [2.24, 2.45) is 17.8 Å². The van der Waals surface area contributed by atoms with Gasteiger partial charge >= 0.3 is 15.6 Å².